The Labute approximate surface area is 114 Å². The summed E-state index contributed by atoms with van der Waals surface area (Å²) in [6.45, 7) is 1.02. The van der Waals surface area contributed by atoms with Gasteiger partial charge in [-0.1, -0.05) is 22.0 Å². The normalized spacial score (nSPS) is 19.2. The molecule has 96 valence electrons. The van der Waals surface area contributed by atoms with Gasteiger partial charge >= 0.3 is 0 Å². The minimum Gasteiger partial charge on any atom is -0.486 e. The van der Waals surface area contributed by atoms with E-state index in [2.05, 4.69) is 21.2 Å². The number of hydrogen-bond donors (Lipinski definition) is 1. The van der Waals surface area contributed by atoms with Gasteiger partial charge in [0.05, 0.1) is 11.1 Å². The molecule has 1 aromatic rings. The van der Waals surface area contributed by atoms with Crippen molar-refractivity contribution < 1.29 is 14.3 Å². The quantitative estimate of drug-likeness (QED) is 0.870. The maximum atomic E-state index is 12.3. The van der Waals surface area contributed by atoms with E-state index < -0.39 is 0 Å². The van der Waals surface area contributed by atoms with Gasteiger partial charge in [0.25, 0.3) is 5.91 Å². The molecule has 1 saturated carbocycles. The Hall–Kier alpha value is -1.23. The van der Waals surface area contributed by atoms with E-state index >= 15 is 0 Å². The molecular weight excluding hydrogens is 298 g/mol. The molecule has 0 spiro atoms. The zero-order valence-electron chi connectivity index (χ0n) is 9.87. The third-order valence-corrected chi connectivity index (χ3v) is 4.37. The molecule has 0 atom stereocenters. The molecule has 5 heteroatoms. The molecule has 1 aliphatic heterocycles. The summed E-state index contributed by atoms with van der Waals surface area (Å²) in [5.74, 6) is 1.12. The van der Waals surface area contributed by atoms with Crippen LogP contribution in [0.25, 0.3) is 0 Å². The van der Waals surface area contributed by atoms with Crippen molar-refractivity contribution in [1.82, 2.24) is 5.32 Å². The molecule has 1 aromatic carbocycles. The number of para-hydroxylation sites is 1. The molecule has 18 heavy (non-hydrogen) atoms. The molecule has 1 fully saturated rings. The lowest BCUT2D eigenvalue weighted by atomic mass is 10.1. The zero-order chi connectivity index (χ0) is 12.6. The highest BCUT2D eigenvalue weighted by molar-refractivity contribution is 9.09. The molecular formula is C13H14BrNO3. The highest BCUT2D eigenvalue weighted by Gasteiger charge is 2.43. The zero-order valence-corrected chi connectivity index (χ0v) is 11.5. The maximum Gasteiger partial charge on any atom is 0.255 e. The summed E-state index contributed by atoms with van der Waals surface area (Å²) >= 11 is 3.44. The second-order valence-electron chi connectivity index (χ2n) is 4.70. The van der Waals surface area contributed by atoms with Gasteiger partial charge in [-0.2, -0.15) is 0 Å². The molecule has 0 unspecified atom stereocenters. The van der Waals surface area contributed by atoms with Crippen molar-refractivity contribution in [2.45, 2.75) is 18.4 Å². The van der Waals surface area contributed by atoms with Crippen LogP contribution in [-0.4, -0.2) is 30.0 Å². The Morgan fingerprint density at radius 1 is 1.33 bits per heavy atom. The number of amides is 1. The number of hydrogen-bond acceptors (Lipinski definition) is 3. The summed E-state index contributed by atoms with van der Waals surface area (Å²) in [6.07, 6.45) is 2.05. The predicted molar refractivity (Wildman–Crippen MR) is 70.7 cm³/mol. The lowest BCUT2D eigenvalue weighted by Gasteiger charge is -2.21. The monoisotopic (exact) mass is 311 g/mol. The van der Waals surface area contributed by atoms with E-state index in [1.807, 2.05) is 12.1 Å². The number of fused-ring (bicyclic) bond motifs is 1. The van der Waals surface area contributed by atoms with E-state index in [-0.39, 0.29) is 11.4 Å². The predicted octanol–water partition coefficient (Wildman–Crippen LogP) is 2.12. The van der Waals surface area contributed by atoms with Crippen molar-refractivity contribution in [3.8, 4) is 11.5 Å². The molecule has 0 bridgehead atoms. The molecule has 1 amide bonds. The SMILES string of the molecule is O=C(NC1(CBr)CC1)c1cccc2c1OCCO2. The van der Waals surface area contributed by atoms with Crippen LogP contribution in [0.4, 0.5) is 0 Å². The Bertz CT molecular complexity index is 485. The van der Waals surface area contributed by atoms with Crippen LogP contribution in [-0.2, 0) is 0 Å². The average Bonchev–Trinajstić information content (AvgIpc) is 3.18. The largest absolute Gasteiger partial charge is 0.486 e. The van der Waals surface area contributed by atoms with Gasteiger partial charge in [0, 0.05) is 5.33 Å². The van der Waals surface area contributed by atoms with Crippen molar-refractivity contribution in [2.75, 3.05) is 18.5 Å². The van der Waals surface area contributed by atoms with Crippen molar-refractivity contribution in [3.63, 3.8) is 0 Å². The van der Waals surface area contributed by atoms with Crippen LogP contribution in [0, 0.1) is 0 Å². The second kappa shape index (κ2) is 4.46. The number of alkyl halides is 1. The van der Waals surface area contributed by atoms with Crippen LogP contribution in [0.15, 0.2) is 18.2 Å². The van der Waals surface area contributed by atoms with Crippen molar-refractivity contribution in [2.24, 2.45) is 0 Å². The van der Waals surface area contributed by atoms with Gasteiger partial charge in [-0.05, 0) is 25.0 Å². The minimum absolute atomic E-state index is 0.0602. The topological polar surface area (TPSA) is 47.6 Å². The highest BCUT2D eigenvalue weighted by Crippen LogP contribution is 2.39. The maximum absolute atomic E-state index is 12.3. The van der Waals surface area contributed by atoms with Crippen molar-refractivity contribution in [3.05, 3.63) is 23.8 Å². The molecule has 4 nitrogen and oxygen atoms in total. The molecule has 1 heterocycles. The molecule has 0 saturated heterocycles. The number of nitrogens with one attached hydrogen (secondary N) is 1. The van der Waals surface area contributed by atoms with E-state index in [0.29, 0.717) is 30.3 Å². The molecule has 2 aliphatic rings. The number of carbonyl (C=O) groups excluding carboxylic acids is 1. The van der Waals surface area contributed by atoms with Gasteiger partial charge in [-0.25, -0.2) is 0 Å². The number of halogens is 1. The van der Waals surface area contributed by atoms with Crippen LogP contribution < -0.4 is 14.8 Å². The summed E-state index contributed by atoms with van der Waals surface area (Å²) < 4.78 is 11.0. The average molecular weight is 312 g/mol. The fraction of sp³-hybridized carbons (Fsp3) is 0.462. The minimum atomic E-state index is -0.0886. The number of ether oxygens (including phenoxy) is 2. The van der Waals surface area contributed by atoms with Gasteiger partial charge in [-0.3, -0.25) is 4.79 Å². The fourth-order valence-corrected chi connectivity index (χ4v) is 2.70. The summed E-state index contributed by atoms with van der Waals surface area (Å²) in [5, 5.41) is 3.85. The van der Waals surface area contributed by atoms with Gasteiger partial charge in [-0.15, -0.1) is 0 Å². The van der Waals surface area contributed by atoms with E-state index in [9.17, 15) is 4.79 Å². The first kappa shape index (κ1) is 11.8. The molecule has 1 N–H and O–H groups in total. The second-order valence-corrected chi connectivity index (χ2v) is 5.26. The lowest BCUT2D eigenvalue weighted by Crippen LogP contribution is -2.38. The third kappa shape index (κ3) is 2.07. The van der Waals surface area contributed by atoms with Crippen molar-refractivity contribution >= 4 is 21.8 Å². The van der Waals surface area contributed by atoms with Gasteiger partial charge < -0.3 is 14.8 Å². The number of benzene rings is 1. The standard InChI is InChI=1S/C13H14BrNO3/c14-8-13(4-5-13)15-12(16)9-2-1-3-10-11(9)18-7-6-17-10/h1-3H,4-8H2,(H,15,16). The molecule has 3 rings (SSSR count). The van der Waals surface area contributed by atoms with Crippen LogP contribution >= 0.6 is 15.9 Å². The van der Waals surface area contributed by atoms with Crippen LogP contribution in [0.5, 0.6) is 11.5 Å². The smallest absolute Gasteiger partial charge is 0.255 e. The van der Waals surface area contributed by atoms with Gasteiger partial charge in [0.2, 0.25) is 0 Å². The highest BCUT2D eigenvalue weighted by atomic mass is 79.9. The number of carbonyl (C=O) groups is 1. The Morgan fingerprint density at radius 3 is 2.83 bits per heavy atom. The fourth-order valence-electron chi connectivity index (χ4n) is 2.00. The molecule has 0 aromatic heterocycles. The number of rotatable bonds is 3. The summed E-state index contributed by atoms with van der Waals surface area (Å²) in [6, 6.07) is 5.41. The van der Waals surface area contributed by atoms with Crippen molar-refractivity contribution in [1.29, 1.82) is 0 Å². The Morgan fingerprint density at radius 2 is 2.11 bits per heavy atom. The molecule has 0 radical (unpaired) electrons. The first-order valence-electron chi connectivity index (χ1n) is 6.01. The van der Waals surface area contributed by atoms with Gasteiger partial charge in [0.1, 0.15) is 13.2 Å². The van der Waals surface area contributed by atoms with Gasteiger partial charge in [0.15, 0.2) is 11.5 Å². The summed E-state index contributed by atoms with van der Waals surface area (Å²) in [4.78, 5) is 12.3. The Balaban J connectivity index is 1.85. The first-order chi connectivity index (χ1) is 8.74. The van der Waals surface area contributed by atoms with Crippen LogP contribution in [0.2, 0.25) is 0 Å². The summed E-state index contributed by atoms with van der Waals surface area (Å²) in [5.41, 5.74) is 0.495. The lowest BCUT2D eigenvalue weighted by molar-refractivity contribution is 0.0925. The van der Waals surface area contributed by atoms with Crippen LogP contribution in [0.1, 0.15) is 23.2 Å². The Kier molecular flexibility index (Phi) is 2.93. The van der Waals surface area contributed by atoms with E-state index in [1.54, 1.807) is 6.07 Å². The van der Waals surface area contributed by atoms with E-state index in [4.69, 9.17) is 9.47 Å². The third-order valence-electron chi connectivity index (χ3n) is 3.30. The van der Waals surface area contributed by atoms with E-state index in [1.165, 1.54) is 0 Å². The summed E-state index contributed by atoms with van der Waals surface area (Å²) in [7, 11) is 0. The van der Waals surface area contributed by atoms with Crippen LogP contribution in [0.3, 0.4) is 0 Å². The first-order valence-corrected chi connectivity index (χ1v) is 7.13. The molecule has 1 aliphatic carbocycles. The van der Waals surface area contributed by atoms with E-state index in [0.717, 1.165) is 18.2 Å².